The smallest absolute Gasteiger partial charge is 0.137 e. The van der Waals surface area contributed by atoms with E-state index in [4.69, 9.17) is 0 Å². The lowest BCUT2D eigenvalue weighted by Gasteiger charge is -2.21. The molecule has 0 aliphatic carbocycles. The van der Waals surface area contributed by atoms with Crippen molar-refractivity contribution >= 4 is 11.0 Å². The number of hydrogen-bond acceptors (Lipinski definition) is 3. The lowest BCUT2D eigenvalue weighted by molar-refractivity contribution is 0.243. The Morgan fingerprint density at radius 2 is 1.83 bits per heavy atom. The maximum atomic E-state index is 9.74. The standard InChI is InChI=1S/C20H25N3O/c1-20(2,3)16-7-4-14(5-8-16)18(13-24)22-12-17-9-6-15-10-11-21-19(15)23-17/h4-11,18,22,24H,12-13H2,1-3H3,(H,21,23). The zero-order valence-corrected chi connectivity index (χ0v) is 14.5. The van der Waals surface area contributed by atoms with E-state index < -0.39 is 0 Å². The second-order valence-corrected chi connectivity index (χ2v) is 7.21. The highest BCUT2D eigenvalue weighted by Crippen LogP contribution is 2.24. The summed E-state index contributed by atoms with van der Waals surface area (Å²) >= 11 is 0. The van der Waals surface area contributed by atoms with Crippen molar-refractivity contribution in [3.8, 4) is 0 Å². The van der Waals surface area contributed by atoms with Crippen LogP contribution in [0.5, 0.6) is 0 Å². The molecule has 0 fully saturated rings. The van der Waals surface area contributed by atoms with Gasteiger partial charge in [0.25, 0.3) is 0 Å². The molecule has 126 valence electrons. The highest BCUT2D eigenvalue weighted by atomic mass is 16.3. The second kappa shape index (κ2) is 6.75. The molecule has 2 heterocycles. The molecule has 0 saturated carbocycles. The molecule has 0 amide bonds. The van der Waals surface area contributed by atoms with Crippen LogP contribution in [0.25, 0.3) is 11.0 Å². The Kier molecular flexibility index (Phi) is 4.69. The number of aromatic amines is 1. The molecule has 0 radical (unpaired) electrons. The SMILES string of the molecule is CC(C)(C)c1ccc(C(CO)NCc2ccc3cc[nH]c3n2)cc1. The highest BCUT2D eigenvalue weighted by molar-refractivity contribution is 5.75. The van der Waals surface area contributed by atoms with Crippen LogP contribution in [-0.2, 0) is 12.0 Å². The topological polar surface area (TPSA) is 60.9 Å². The van der Waals surface area contributed by atoms with E-state index >= 15 is 0 Å². The summed E-state index contributed by atoms with van der Waals surface area (Å²) in [5, 5.41) is 14.2. The third-order valence-electron chi connectivity index (χ3n) is 4.36. The van der Waals surface area contributed by atoms with Crippen molar-refractivity contribution in [2.24, 2.45) is 0 Å². The first-order valence-corrected chi connectivity index (χ1v) is 8.35. The van der Waals surface area contributed by atoms with Crippen LogP contribution in [-0.4, -0.2) is 21.7 Å². The third-order valence-corrected chi connectivity index (χ3v) is 4.36. The molecule has 0 spiro atoms. The van der Waals surface area contributed by atoms with Gasteiger partial charge < -0.3 is 15.4 Å². The molecule has 1 atom stereocenters. The first kappa shape index (κ1) is 16.7. The van der Waals surface area contributed by atoms with E-state index in [1.807, 2.05) is 18.3 Å². The van der Waals surface area contributed by atoms with Crippen molar-refractivity contribution in [2.75, 3.05) is 6.61 Å². The van der Waals surface area contributed by atoms with E-state index in [0.29, 0.717) is 6.54 Å². The molecule has 4 heteroatoms. The number of pyridine rings is 1. The first-order chi connectivity index (χ1) is 11.5. The number of aliphatic hydroxyl groups is 1. The molecule has 3 rings (SSSR count). The predicted molar refractivity (Wildman–Crippen MR) is 97.9 cm³/mol. The molecule has 0 saturated heterocycles. The number of benzene rings is 1. The fourth-order valence-corrected chi connectivity index (χ4v) is 2.80. The Hall–Kier alpha value is -2.17. The van der Waals surface area contributed by atoms with Gasteiger partial charge in [0.15, 0.2) is 0 Å². The lowest BCUT2D eigenvalue weighted by atomic mass is 9.86. The van der Waals surface area contributed by atoms with Gasteiger partial charge in [0.05, 0.1) is 18.3 Å². The number of hydrogen-bond donors (Lipinski definition) is 3. The number of fused-ring (bicyclic) bond motifs is 1. The van der Waals surface area contributed by atoms with E-state index in [2.05, 4.69) is 66.4 Å². The van der Waals surface area contributed by atoms with Gasteiger partial charge in [0.1, 0.15) is 5.65 Å². The van der Waals surface area contributed by atoms with Gasteiger partial charge in [0.2, 0.25) is 0 Å². The minimum atomic E-state index is -0.0971. The normalized spacial score (nSPS) is 13.3. The van der Waals surface area contributed by atoms with Crippen LogP contribution < -0.4 is 5.32 Å². The summed E-state index contributed by atoms with van der Waals surface area (Å²) in [6.07, 6.45) is 1.89. The van der Waals surface area contributed by atoms with Gasteiger partial charge in [0, 0.05) is 18.1 Å². The zero-order valence-electron chi connectivity index (χ0n) is 14.5. The molecular weight excluding hydrogens is 298 g/mol. The van der Waals surface area contributed by atoms with Crippen molar-refractivity contribution in [3.63, 3.8) is 0 Å². The van der Waals surface area contributed by atoms with Crippen LogP contribution in [0.15, 0.2) is 48.7 Å². The highest BCUT2D eigenvalue weighted by Gasteiger charge is 2.15. The van der Waals surface area contributed by atoms with Crippen molar-refractivity contribution in [1.82, 2.24) is 15.3 Å². The number of H-pyrrole nitrogens is 1. The summed E-state index contributed by atoms with van der Waals surface area (Å²) < 4.78 is 0. The van der Waals surface area contributed by atoms with Crippen LogP contribution in [0.3, 0.4) is 0 Å². The fourth-order valence-electron chi connectivity index (χ4n) is 2.80. The molecule has 0 bridgehead atoms. The van der Waals surface area contributed by atoms with Crippen LogP contribution in [0, 0.1) is 0 Å². The second-order valence-electron chi connectivity index (χ2n) is 7.21. The molecule has 1 unspecified atom stereocenters. The summed E-state index contributed by atoms with van der Waals surface area (Å²) in [6, 6.07) is 14.5. The minimum Gasteiger partial charge on any atom is -0.394 e. The number of nitrogens with zero attached hydrogens (tertiary/aromatic N) is 1. The van der Waals surface area contributed by atoms with E-state index in [9.17, 15) is 5.11 Å². The molecule has 2 aromatic heterocycles. The van der Waals surface area contributed by atoms with Crippen molar-refractivity contribution < 1.29 is 5.11 Å². The summed E-state index contributed by atoms with van der Waals surface area (Å²) in [6.45, 7) is 7.27. The van der Waals surface area contributed by atoms with Gasteiger partial charge in [-0.3, -0.25) is 0 Å². The number of nitrogens with one attached hydrogen (secondary N) is 2. The summed E-state index contributed by atoms with van der Waals surface area (Å²) in [5.74, 6) is 0. The van der Waals surface area contributed by atoms with Gasteiger partial charge in [-0.2, -0.15) is 0 Å². The summed E-state index contributed by atoms with van der Waals surface area (Å²) in [5.41, 5.74) is 4.36. The number of aliphatic hydroxyl groups excluding tert-OH is 1. The van der Waals surface area contributed by atoms with E-state index in [1.165, 1.54) is 5.56 Å². The van der Waals surface area contributed by atoms with Crippen molar-refractivity contribution in [1.29, 1.82) is 0 Å². The zero-order chi connectivity index (χ0) is 17.2. The fraction of sp³-hybridized carbons (Fsp3) is 0.350. The quantitative estimate of drug-likeness (QED) is 0.671. The Labute approximate surface area is 142 Å². The van der Waals surface area contributed by atoms with Gasteiger partial charge in [-0.25, -0.2) is 4.98 Å². The molecule has 0 aliphatic rings. The van der Waals surface area contributed by atoms with Crippen molar-refractivity contribution in [2.45, 2.75) is 38.8 Å². The Morgan fingerprint density at radius 1 is 1.08 bits per heavy atom. The predicted octanol–water partition coefficient (Wildman–Crippen LogP) is 3.68. The van der Waals surface area contributed by atoms with Gasteiger partial charge in [-0.1, -0.05) is 45.0 Å². The van der Waals surface area contributed by atoms with E-state index in [-0.39, 0.29) is 18.1 Å². The molecule has 3 N–H and O–H groups in total. The minimum absolute atomic E-state index is 0.0552. The van der Waals surface area contributed by atoms with Gasteiger partial charge in [-0.05, 0) is 34.7 Å². The van der Waals surface area contributed by atoms with Crippen LogP contribution in [0.4, 0.5) is 0 Å². The van der Waals surface area contributed by atoms with Gasteiger partial charge in [-0.15, -0.1) is 0 Å². The maximum Gasteiger partial charge on any atom is 0.137 e. The maximum absolute atomic E-state index is 9.74. The molecular formula is C20H25N3O. The van der Waals surface area contributed by atoms with E-state index in [1.54, 1.807) is 0 Å². The monoisotopic (exact) mass is 323 g/mol. The van der Waals surface area contributed by atoms with Crippen LogP contribution in [0.1, 0.15) is 43.6 Å². The summed E-state index contributed by atoms with van der Waals surface area (Å²) in [4.78, 5) is 7.71. The average molecular weight is 323 g/mol. The number of rotatable bonds is 5. The average Bonchev–Trinajstić information content (AvgIpc) is 3.03. The molecule has 3 aromatic rings. The summed E-state index contributed by atoms with van der Waals surface area (Å²) in [7, 11) is 0. The molecule has 0 aliphatic heterocycles. The molecule has 24 heavy (non-hydrogen) atoms. The third kappa shape index (κ3) is 3.66. The van der Waals surface area contributed by atoms with Crippen LogP contribution >= 0.6 is 0 Å². The Morgan fingerprint density at radius 3 is 2.50 bits per heavy atom. The first-order valence-electron chi connectivity index (χ1n) is 8.35. The largest absolute Gasteiger partial charge is 0.394 e. The van der Waals surface area contributed by atoms with E-state index in [0.717, 1.165) is 22.3 Å². The Balaban J connectivity index is 1.69. The van der Waals surface area contributed by atoms with Crippen LogP contribution in [0.2, 0.25) is 0 Å². The lowest BCUT2D eigenvalue weighted by Crippen LogP contribution is -2.24. The molecule has 4 nitrogen and oxygen atoms in total. The number of aromatic nitrogens is 2. The van der Waals surface area contributed by atoms with Gasteiger partial charge >= 0.3 is 0 Å². The Bertz CT molecular complexity index is 800. The van der Waals surface area contributed by atoms with Crippen molar-refractivity contribution in [3.05, 3.63) is 65.5 Å². The molecule has 1 aromatic carbocycles.